The molecule has 0 radical (unpaired) electrons. The first kappa shape index (κ1) is 9.00. The molecule has 0 aliphatic rings. The zero-order chi connectivity index (χ0) is 8.27. The summed E-state index contributed by atoms with van der Waals surface area (Å²) in [5, 5.41) is 0.635. The quantitative estimate of drug-likeness (QED) is 0.761. The third kappa shape index (κ3) is 3.20. The van der Waals surface area contributed by atoms with Crippen molar-refractivity contribution in [3.63, 3.8) is 0 Å². The van der Waals surface area contributed by atoms with Crippen molar-refractivity contribution in [1.82, 2.24) is 0 Å². The highest BCUT2D eigenvalue weighted by Gasteiger charge is 2.00. The molecule has 0 saturated carbocycles. The molecular weight excluding hydrogens is 205 g/mol. The maximum absolute atomic E-state index is 10.4. The van der Waals surface area contributed by atoms with Crippen LogP contribution in [0, 0.1) is 0 Å². The van der Waals surface area contributed by atoms with Gasteiger partial charge in [0.05, 0.1) is 5.69 Å². The molecule has 0 fully saturated rings. The highest BCUT2D eigenvalue weighted by Crippen LogP contribution is 2.15. The number of hydrogen-bond acceptors (Lipinski definition) is 2. The molecule has 1 atom stereocenters. The van der Waals surface area contributed by atoms with Gasteiger partial charge >= 0.3 is 0 Å². The summed E-state index contributed by atoms with van der Waals surface area (Å²) in [6.45, 7) is 0. The molecule has 11 heavy (non-hydrogen) atoms. The van der Waals surface area contributed by atoms with Crippen LogP contribution in [0.5, 0.6) is 0 Å². The van der Waals surface area contributed by atoms with Crippen molar-refractivity contribution in [3.8, 4) is 0 Å². The van der Waals surface area contributed by atoms with Crippen molar-refractivity contribution in [3.05, 3.63) is 29.3 Å². The van der Waals surface area contributed by atoms with Crippen molar-refractivity contribution in [2.75, 3.05) is 4.72 Å². The van der Waals surface area contributed by atoms with E-state index in [-0.39, 0.29) is 0 Å². The molecule has 0 bridgehead atoms. The average Bonchev–Trinajstić information content (AvgIpc) is 1.93. The SMILES string of the molecule is [O-][S+](Cl)Nc1ccc(Cl)cc1. The summed E-state index contributed by atoms with van der Waals surface area (Å²) < 4.78 is 12.9. The standard InChI is InChI=1S/C6H5Cl2NOS/c7-5-1-3-6(4-2-5)9-11(8)10/h1-4,9H. The molecule has 0 aliphatic heterocycles. The minimum absolute atomic E-state index is 0.635. The molecule has 1 aromatic carbocycles. The maximum atomic E-state index is 10.4. The van der Waals surface area contributed by atoms with Crippen molar-refractivity contribution in [2.45, 2.75) is 0 Å². The van der Waals surface area contributed by atoms with E-state index in [4.69, 9.17) is 22.3 Å². The second-order valence-corrected chi connectivity index (χ2v) is 3.76. The fourth-order valence-electron chi connectivity index (χ4n) is 0.611. The summed E-state index contributed by atoms with van der Waals surface area (Å²) in [4.78, 5) is 0. The van der Waals surface area contributed by atoms with E-state index in [0.29, 0.717) is 10.7 Å². The van der Waals surface area contributed by atoms with Crippen LogP contribution in [-0.4, -0.2) is 4.55 Å². The normalized spacial score (nSPS) is 12.6. The highest BCUT2D eigenvalue weighted by molar-refractivity contribution is 8.14. The van der Waals surface area contributed by atoms with Crippen molar-refractivity contribution in [1.29, 1.82) is 0 Å². The van der Waals surface area contributed by atoms with Crippen molar-refractivity contribution < 1.29 is 4.55 Å². The van der Waals surface area contributed by atoms with Gasteiger partial charge in [-0.15, -0.1) is 0 Å². The van der Waals surface area contributed by atoms with Gasteiger partial charge < -0.3 is 4.55 Å². The van der Waals surface area contributed by atoms with Crippen molar-refractivity contribution >= 4 is 38.5 Å². The molecule has 0 aromatic heterocycles. The van der Waals surface area contributed by atoms with Gasteiger partial charge in [0, 0.05) is 5.02 Å². The lowest BCUT2D eigenvalue weighted by Crippen LogP contribution is -2.03. The Kier molecular flexibility index (Phi) is 3.33. The van der Waals surface area contributed by atoms with Gasteiger partial charge in [-0.05, 0) is 24.3 Å². The average molecular weight is 210 g/mol. The molecule has 0 amide bonds. The fraction of sp³-hybridized carbons (Fsp3) is 0. The predicted octanol–water partition coefficient (Wildman–Crippen LogP) is 2.57. The largest absolute Gasteiger partial charge is 0.575 e. The molecule has 2 nitrogen and oxygen atoms in total. The summed E-state index contributed by atoms with van der Waals surface area (Å²) in [5.74, 6) is 0. The Balaban J connectivity index is 2.66. The lowest BCUT2D eigenvalue weighted by atomic mass is 10.3. The molecule has 1 aromatic rings. The van der Waals surface area contributed by atoms with Crippen LogP contribution in [0.4, 0.5) is 5.69 Å². The van der Waals surface area contributed by atoms with Gasteiger partial charge in [-0.25, -0.2) is 0 Å². The summed E-state index contributed by atoms with van der Waals surface area (Å²) >= 11 is 5.61. The maximum Gasteiger partial charge on any atom is 0.206 e. The number of nitrogens with one attached hydrogen (secondary N) is 1. The summed E-state index contributed by atoms with van der Waals surface area (Å²) in [6.07, 6.45) is 0. The Morgan fingerprint density at radius 2 is 1.82 bits per heavy atom. The van der Waals surface area contributed by atoms with Crippen LogP contribution in [0.2, 0.25) is 5.02 Å². The van der Waals surface area contributed by atoms with E-state index in [1.165, 1.54) is 0 Å². The van der Waals surface area contributed by atoms with E-state index in [2.05, 4.69) is 4.72 Å². The zero-order valence-electron chi connectivity index (χ0n) is 5.38. The highest BCUT2D eigenvalue weighted by atomic mass is 35.7. The second-order valence-electron chi connectivity index (χ2n) is 1.83. The monoisotopic (exact) mass is 209 g/mol. The molecule has 0 saturated heterocycles. The van der Waals surface area contributed by atoms with Gasteiger partial charge in [-0.3, -0.25) is 0 Å². The molecule has 1 N–H and O–H groups in total. The Labute approximate surface area is 77.3 Å². The van der Waals surface area contributed by atoms with E-state index >= 15 is 0 Å². The lowest BCUT2D eigenvalue weighted by molar-refractivity contribution is 0.613. The predicted molar refractivity (Wildman–Crippen MR) is 49.1 cm³/mol. The van der Waals surface area contributed by atoms with Gasteiger partial charge in [-0.1, -0.05) is 11.6 Å². The van der Waals surface area contributed by atoms with Gasteiger partial charge in [0.1, 0.15) is 0 Å². The molecule has 0 heterocycles. The summed E-state index contributed by atoms with van der Waals surface area (Å²) in [7, 11) is 3.64. The first-order valence-electron chi connectivity index (χ1n) is 2.79. The minimum atomic E-state index is -1.54. The lowest BCUT2D eigenvalue weighted by Gasteiger charge is -2.01. The molecule has 60 valence electrons. The fourth-order valence-corrected chi connectivity index (χ4v) is 1.33. The number of halogens is 2. The number of benzene rings is 1. The van der Waals surface area contributed by atoms with Crippen molar-refractivity contribution in [2.24, 2.45) is 0 Å². The molecule has 0 spiro atoms. The van der Waals surface area contributed by atoms with Gasteiger partial charge in [0.25, 0.3) is 0 Å². The molecule has 1 rings (SSSR count). The van der Waals surface area contributed by atoms with E-state index in [0.717, 1.165) is 0 Å². The summed E-state index contributed by atoms with van der Waals surface area (Å²) in [5.41, 5.74) is 0.683. The van der Waals surface area contributed by atoms with Crippen LogP contribution >= 0.6 is 22.3 Å². The smallest absolute Gasteiger partial charge is 0.206 e. The van der Waals surface area contributed by atoms with Crippen LogP contribution < -0.4 is 4.72 Å². The Hall–Kier alpha value is -0.0900. The molecule has 0 aliphatic carbocycles. The second kappa shape index (κ2) is 4.07. The minimum Gasteiger partial charge on any atom is -0.575 e. The zero-order valence-corrected chi connectivity index (χ0v) is 7.71. The van der Waals surface area contributed by atoms with E-state index in [9.17, 15) is 4.55 Å². The number of hydrogen-bond donors (Lipinski definition) is 1. The molecule has 1 unspecified atom stereocenters. The first-order chi connectivity index (χ1) is 5.18. The Morgan fingerprint density at radius 3 is 2.27 bits per heavy atom. The van der Waals surface area contributed by atoms with E-state index in [1.54, 1.807) is 24.3 Å². The van der Waals surface area contributed by atoms with Gasteiger partial charge in [0.2, 0.25) is 10.7 Å². The Bertz CT molecular complexity index is 227. The van der Waals surface area contributed by atoms with Crippen LogP contribution in [0.3, 0.4) is 0 Å². The van der Waals surface area contributed by atoms with E-state index < -0.39 is 10.6 Å². The topological polar surface area (TPSA) is 35.1 Å². The van der Waals surface area contributed by atoms with Crippen LogP contribution in [0.1, 0.15) is 0 Å². The number of anilines is 1. The number of rotatable bonds is 2. The first-order valence-corrected chi connectivity index (χ1v) is 5.14. The van der Waals surface area contributed by atoms with Crippen LogP contribution in [-0.2, 0) is 10.6 Å². The van der Waals surface area contributed by atoms with Gasteiger partial charge in [-0.2, -0.15) is 4.72 Å². The third-order valence-corrected chi connectivity index (χ3v) is 1.92. The Morgan fingerprint density at radius 1 is 1.27 bits per heavy atom. The third-order valence-electron chi connectivity index (χ3n) is 1.04. The summed E-state index contributed by atoms with van der Waals surface area (Å²) in [6, 6.07) is 6.77. The van der Waals surface area contributed by atoms with Gasteiger partial charge in [0.15, 0.2) is 10.6 Å². The van der Waals surface area contributed by atoms with E-state index in [1.807, 2.05) is 0 Å². The van der Waals surface area contributed by atoms with Crippen LogP contribution in [0.25, 0.3) is 0 Å². The molecular formula is C6H5Cl2NOS. The molecule has 5 heteroatoms. The van der Waals surface area contributed by atoms with Crippen LogP contribution in [0.15, 0.2) is 24.3 Å².